The Labute approximate surface area is 186 Å². The third kappa shape index (κ3) is 4.86. The van der Waals surface area contributed by atoms with Crippen LogP contribution in [0.2, 0.25) is 10.2 Å². The number of anilines is 1. The number of ether oxygens (including phenoxy) is 2. The SMILES string of the molecule is CC(C)(C)Nc1nc(Cl)c(Cl)c2c1C(=O)N1CCN(C(=O)OC(C)(C)C)C[C@@H]1CO2. The van der Waals surface area contributed by atoms with Crippen molar-refractivity contribution in [1.82, 2.24) is 14.8 Å². The normalized spacial score (nSPS) is 19.5. The lowest BCUT2D eigenvalue weighted by Crippen LogP contribution is -2.58. The molecule has 1 atom stereocenters. The maximum Gasteiger partial charge on any atom is 0.410 e. The van der Waals surface area contributed by atoms with Gasteiger partial charge < -0.3 is 24.6 Å². The van der Waals surface area contributed by atoms with Gasteiger partial charge in [-0.25, -0.2) is 9.78 Å². The monoisotopic (exact) mass is 458 g/mol. The van der Waals surface area contributed by atoms with Gasteiger partial charge in [0.25, 0.3) is 5.91 Å². The molecular weight excluding hydrogens is 431 g/mol. The summed E-state index contributed by atoms with van der Waals surface area (Å²) >= 11 is 12.5. The first-order chi connectivity index (χ1) is 13.8. The number of halogens is 2. The van der Waals surface area contributed by atoms with Gasteiger partial charge in [0.05, 0.1) is 6.04 Å². The van der Waals surface area contributed by atoms with Crippen molar-refractivity contribution in [3.05, 3.63) is 15.7 Å². The molecule has 3 rings (SSSR count). The summed E-state index contributed by atoms with van der Waals surface area (Å²) in [6.45, 7) is 12.5. The third-order valence-corrected chi connectivity index (χ3v) is 5.30. The number of nitrogens with one attached hydrogen (secondary N) is 1. The summed E-state index contributed by atoms with van der Waals surface area (Å²) in [5, 5.41) is 3.38. The van der Waals surface area contributed by atoms with Crippen LogP contribution in [0.5, 0.6) is 5.75 Å². The van der Waals surface area contributed by atoms with Crippen molar-refractivity contribution in [3.8, 4) is 5.75 Å². The summed E-state index contributed by atoms with van der Waals surface area (Å²) < 4.78 is 11.4. The maximum atomic E-state index is 13.5. The lowest BCUT2D eigenvalue weighted by atomic mass is 10.1. The molecule has 1 fully saturated rings. The maximum absolute atomic E-state index is 13.5. The molecule has 1 aromatic heterocycles. The molecule has 0 spiro atoms. The Morgan fingerprint density at radius 3 is 2.47 bits per heavy atom. The molecule has 1 aromatic rings. The molecule has 10 heteroatoms. The van der Waals surface area contributed by atoms with E-state index in [1.807, 2.05) is 41.5 Å². The van der Waals surface area contributed by atoms with Crippen LogP contribution in [-0.2, 0) is 4.74 Å². The molecule has 2 aliphatic heterocycles. The Morgan fingerprint density at radius 1 is 1.20 bits per heavy atom. The highest BCUT2D eigenvalue weighted by atomic mass is 35.5. The molecule has 30 heavy (non-hydrogen) atoms. The van der Waals surface area contributed by atoms with Crippen molar-refractivity contribution in [2.75, 3.05) is 31.6 Å². The molecule has 0 unspecified atom stereocenters. The molecule has 166 valence electrons. The molecule has 0 aliphatic carbocycles. The van der Waals surface area contributed by atoms with Gasteiger partial charge in [0.2, 0.25) is 0 Å². The lowest BCUT2D eigenvalue weighted by Gasteiger charge is -2.40. The summed E-state index contributed by atoms with van der Waals surface area (Å²) in [4.78, 5) is 33.6. The largest absolute Gasteiger partial charge is 0.489 e. The summed E-state index contributed by atoms with van der Waals surface area (Å²) in [5.41, 5.74) is -0.698. The van der Waals surface area contributed by atoms with Crippen LogP contribution in [0.1, 0.15) is 51.9 Å². The fraction of sp³-hybridized carbons (Fsp3) is 0.650. The zero-order chi connectivity index (χ0) is 22.4. The predicted octanol–water partition coefficient (Wildman–Crippen LogP) is 4.05. The van der Waals surface area contributed by atoms with E-state index in [0.29, 0.717) is 25.5 Å². The van der Waals surface area contributed by atoms with Crippen LogP contribution in [0.25, 0.3) is 0 Å². The summed E-state index contributed by atoms with van der Waals surface area (Å²) in [5.74, 6) is 0.285. The fourth-order valence-electron chi connectivity index (χ4n) is 3.37. The van der Waals surface area contributed by atoms with Gasteiger partial charge in [-0.05, 0) is 41.5 Å². The van der Waals surface area contributed by atoms with E-state index in [1.165, 1.54) is 0 Å². The quantitative estimate of drug-likeness (QED) is 0.638. The van der Waals surface area contributed by atoms with Crippen molar-refractivity contribution in [2.45, 2.75) is 58.7 Å². The second-order valence-electron chi connectivity index (χ2n) is 9.53. The van der Waals surface area contributed by atoms with Crippen LogP contribution in [-0.4, -0.2) is 70.2 Å². The molecule has 2 aliphatic rings. The van der Waals surface area contributed by atoms with Gasteiger partial charge in [-0.1, -0.05) is 23.2 Å². The van der Waals surface area contributed by atoms with Crippen LogP contribution < -0.4 is 10.1 Å². The number of fused-ring (bicyclic) bond motifs is 2. The smallest absolute Gasteiger partial charge is 0.410 e. The number of nitrogens with zero attached hydrogens (tertiary/aromatic N) is 3. The minimum absolute atomic E-state index is 0.0604. The van der Waals surface area contributed by atoms with Crippen molar-refractivity contribution < 1.29 is 19.1 Å². The molecule has 0 aromatic carbocycles. The zero-order valence-corrected chi connectivity index (χ0v) is 19.6. The van der Waals surface area contributed by atoms with Gasteiger partial charge in [0.15, 0.2) is 10.9 Å². The van der Waals surface area contributed by atoms with Gasteiger partial charge >= 0.3 is 6.09 Å². The van der Waals surface area contributed by atoms with E-state index >= 15 is 0 Å². The van der Waals surface area contributed by atoms with Crippen LogP contribution >= 0.6 is 23.2 Å². The van der Waals surface area contributed by atoms with E-state index in [4.69, 9.17) is 32.7 Å². The number of carbonyl (C=O) groups is 2. The molecule has 0 radical (unpaired) electrons. The number of amides is 2. The highest BCUT2D eigenvalue weighted by Crippen LogP contribution is 2.41. The van der Waals surface area contributed by atoms with E-state index in [0.717, 1.165) is 0 Å². The molecule has 1 N–H and O–H groups in total. The van der Waals surface area contributed by atoms with E-state index < -0.39 is 11.7 Å². The van der Waals surface area contributed by atoms with Gasteiger partial charge in [-0.3, -0.25) is 4.79 Å². The average Bonchev–Trinajstić information content (AvgIpc) is 2.73. The zero-order valence-electron chi connectivity index (χ0n) is 18.1. The number of aromatic nitrogens is 1. The van der Waals surface area contributed by atoms with Gasteiger partial charge in [-0.2, -0.15) is 0 Å². The number of carbonyl (C=O) groups excluding carboxylic acids is 2. The van der Waals surface area contributed by atoms with Crippen molar-refractivity contribution in [3.63, 3.8) is 0 Å². The van der Waals surface area contributed by atoms with Crippen LogP contribution in [0.4, 0.5) is 10.6 Å². The van der Waals surface area contributed by atoms with E-state index in [1.54, 1.807) is 9.80 Å². The first-order valence-electron chi connectivity index (χ1n) is 9.86. The van der Waals surface area contributed by atoms with E-state index in [-0.39, 0.29) is 45.6 Å². The molecule has 8 nitrogen and oxygen atoms in total. The van der Waals surface area contributed by atoms with Crippen molar-refractivity contribution >= 4 is 41.0 Å². The Kier molecular flexibility index (Phi) is 6.04. The van der Waals surface area contributed by atoms with Gasteiger partial charge in [0, 0.05) is 25.2 Å². The molecular formula is C20H28Cl2N4O4. The molecule has 1 saturated heterocycles. The third-order valence-electron chi connectivity index (χ3n) is 4.58. The lowest BCUT2D eigenvalue weighted by molar-refractivity contribution is 0.000956. The number of hydrogen-bond donors (Lipinski definition) is 1. The summed E-state index contributed by atoms with van der Waals surface area (Å²) in [7, 11) is 0. The number of hydrogen-bond acceptors (Lipinski definition) is 6. The van der Waals surface area contributed by atoms with Gasteiger partial charge in [0.1, 0.15) is 28.6 Å². The van der Waals surface area contributed by atoms with E-state index in [9.17, 15) is 9.59 Å². The first-order valence-corrected chi connectivity index (χ1v) is 10.6. The molecule has 3 heterocycles. The Bertz CT molecular complexity index is 864. The van der Waals surface area contributed by atoms with Gasteiger partial charge in [-0.15, -0.1) is 0 Å². The molecule has 0 saturated carbocycles. The number of piperazine rings is 1. The number of pyridine rings is 1. The number of rotatable bonds is 1. The van der Waals surface area contributed by atoms with Crippen molar-refractivity contribution in [2.24, 2.45) is 0 Å². The molecule has 2 amide bonds. The van der Waals surface area contributed by atoms with E-state index in [2.05, 4.69) is 10.3 Å². The Balaban J connectivity index is 1.91. The first kappa shape index (κ1) is 22.7. The Morgan fingerprint density at radius 2 is 1.87 bits per heavy atom. The average molecular weight is 459 g/mol. The summed E-state index contributed by atoms with van der Waals surface area (Å²) in [6.07, 6.45) is -0.408. The standard InChI is InChI=1S/C20H28Cl2N4O4/c1-19(2,3)24-16-12-14(13(21)15(22)23-16)29-10-11-9-25(7-8-26(11)17(12)27)18(28)30-20(4,5)6/h11H,7-10H2,1-6H3,(H,23,24)/t11-/m1/s1. The summed E-state index contributed by atoms with van der Waals surface area (Å²) in [6, 6.07) is -0.344. The van der Waals surface area contributed by atoms with Crippen LogP contribution in [0, 0.1) is 0 Å². The minimum Gasteiger partial charge on any atom is -0.489 e. The predicted molar refractivity (Wildman–Crippen MR) is 116 cm³/mol. The highest BCUT2D eigenvalue weighted by Gasteiger charge is 2.40. The second-order valence-corrected chi connectivity index (χ2v) is 10.3. The Hall–Kier alpha value is -1.93. The van der Waals surface area contributed by atoms with Crippen LogP contribution in [0.15, 0.2) is 0 Å². The fourth-order valence-corrected chi connectivity index (χ4v) is 3.74. The highest BCUT2D eigenvalue weighted by molar-refractivity contribution is 6.42. The van der Waals surface area contributed by atoms with Crippen molar-refractivity contribution in [1.29, 1.82) is 0 Å². The second kappa shape index (κ2) is 7.96. The topological polar surface area (TPSA) is 84.0 Å². The minimum atomic E-state index is -0.594. The molecule has 0 bridgehead atoms. The van der Waals surface area contributed by atoms with Crippen LogP contribution in [0.3, 0.4) is 0 Å².